The van der Waals surface area contributed by atoms with Crippen LogP contribution in [0, 0.1) is 0 Å². The van der Waals surface area contributed by atoms with Crippen LogP contribution in [0.5, 0.6) is 0 Å². The molecule has 43 heavy (non-hydrogen) atoms. The molecule has 14 nitrogen and oxygen atoms in total. The molecule has 2 aromatic rings. The monoisotopic (exact) mass is 600 g/mol. The predicted octanol–water partition coefficient (Wildman–Crippen LogP) is 1.88. The number of unbranched alkanes of at least 4 members (excludes halogenated alkanes) is 1. The van der Waals surface area contributed by atoms with Crippen molar-refractivity contribution in [2.24, 2.45) is 0 Å². The molecule has 0 saturated carbocycles. The number of amides is 4. The van der Waals surface area contributed by atoms with E-state index in [-0.39, 0.29) is 38.8 Å². The first-order valence-corrected chi connectivity index (χ1v) is 13.6. The Kier molecular flexibility index (Phi) is 14.5. The summed E-state index contributed by atoms with van der Waals surface area (Å²) in [6, 6.07) is 13.3. The highest BCUT2D eigenvalue weighted by Gasteiger charge is 2.25. The molecule has 232 valence electrons. The van der Waals surface area contributed by atoms with E-state index in [0.717, 1.165) is 11.1 Å². The van der Waals surface area contributed by atoms with Gasteiger partial charge in [0, 0.05) is 19.4 Å². The number of urea groups is 1. The molecule has 3 unspecified atom stereocenters. The minimum atomic E-state index is -1.51. The quantitative estimate of drug-likeness (QED) is 0.123. The molecule has 0 aromatic heterocycles. The SMILES string of the molecule is O=C(O)CCC(NC(=O)NC(CCCCNC(=O)C(Cc1ccccc1)NC(=O)OCc1ccccc1)C(=O)O)C(=O)O. The summed E-state index contributed by atoms with van der Waals surface area (Å²) in [4.78, 5) is 71.0. The van der Waals surface area contributed by atoms with Crippen molar-refractivity contribution >= 4 is 35.9 Å². The highest BCUT2D eigenvalue weighted by Crippen LogP contribution is 2.07. The van der Waals surface area contributed by atoms with Crippen molar-refractivity contribution in [2.75, 3.05) is 6.54 Å². The lowest BCUT2D eigenvalue weighted by atomic mass is 10.1. The molecule has 2 aromatic carbocycles. The van der Waals surface area contributed by atoms with Gasteiger partial charge in [0.15, 0.2) is 0 Å². The number of carboxylic acids is 3. The first-order valence-electron chi connectivity index (χ1n) is 13.6. The summed E-state index contributed by atoms with van der Waals surface area (Å²) >= 11 is 0. The summed E-state index contributed by atoms with van der Waals surface area (Å²) in [7, 11) is 0. The van der Waals surface area contributed by atoms with Gasteiger partial charge in [0.2, 0.25) is 5.91 Å². The van der Waals surface area contributed by atoms with Crippen molar-refractivity contribution in [3.05, 3.63) is 71.8 Å². The highest BCUT2D eigenvalue weighted by atomic mass is 16.5. The van der Waals surface area contributed by atoms with E-state index in [9.17, 15) is 33.9 Å². The summed E-state index contributed by atoms with van der Waals surface area (Å²) in [6.45, 7) is 0.183. The molecule has 0 radical (unpaired) electrons. The first-order chi connectivity index (χ1) is 20.5. The molecule has 0 aliphatic heterocycles. The number of rotatable bonds is 18. The normalized spacial score (nSPS) is 12.6. The number of carbonyl (C=O) groups is 6. The number of alkyl carbamates (subject to hydrolysis) is 1. The maximum Gasteiger partial charge on any atom is 0.408 e. The maximum atomic E-state index is 12.9. The molecule has 0 saturated heterocycles. The fraction of sp³-hybridized carbons (Fsp3) is 0.379. The van der Waals surface area contributed by atoms with Crippen LogP contribution in [0.1, 0.15) is 43.2 Å². The van der Waals surface area contributed by atoms with Crippen molar-refractivity contribution in [2.45, 2.75) is 63.3 Å². The first kappa shape index (κ1) is 34.1. The Hall–Kier alpha value is -5.14. The van der Waals surface area contributed by atoms with Crippen molar-refractivity contribution in [3.8, 4) is 0 Å². The van der Waals surface area contributed by atoms with Crippen molar-refractivity contribution in [1.82, 2.24) is 21.3 Å². The van der Waals surface area contributed by atoms with E-state index in [1.165, 1.54) is 0 Å². The minimum Gasteiger partial charge on any atom is -0.481 e. The zero-order valence-electron chi connectivity index (χ0n) is 23.4. The zero-order chi connectivity index (χ0) is 31.6. The van der Waals surface area contributed by atoms with Gasteiger partial charge in [-0.1, -0.05) is 60.7 Å². The number of benzene rings is 2. The lowest BCUT2D eigenvalue weighted by Gasteiger charge is -2.19. The summed E-state index contributed by atoms with van der Waals surface area (Å²) < 4.78 is 5.25. The third kappa shape index (κ3) is 13.9. The summed E-state index contributed by atoms with van der Waals surface area (Å²) in [5.41, 5.74) is 1.60. The lowest BCUT2D eigenvalue weighted by Crippen LogP contribution is -2.51. The van der Waals surface area contributed by atoms with Crippen LogP contribution >= 0.6 is 0 Å². The Morgan fingerprint density at radius 1 is 0.674 bits per heavy atom. The van der Waals surface area contributed by atoms with Crippen molar-refractivity contribution in [1.29, 1.82) is 0 Å². The molecule has 0 fully saturated rings. The molecule has 0 spiro atoms. The van der Waals surface area contributed by atoms with Crippen LogP contribution in [0.25, 0.3) is 0 Å². The van der Waals surface area contributed by atoms with Gasteiger partial charge in [-0.3, -0.25) is 9.59 Å². The third-order valence-electron chi connectivity index (χ3n) is 6.18. The smallest absolute Gasteiger partial charge is 0.408 e. The van der Waals surface area contributed by atoms with Crippen molar-refractivity contribution < 1.29 is 48.8 Å². The number of ether oxygens (including phenoxy) is 1. The standard InChI is InChI=1S/C29H36N4O10/c34-24(35)15-14-22(27(39)40)32-28(41)31-21(26(37)38)13-7-8-16-30-25(36)23(17-19-9-3-1-4-10-19)33-29(42)43-18-20-11-5-2-6-12-20/h1-6,9-12,21-23H,7-8,13-18H2,(H,30,36)(H,33,42)(H,34,35)(H,37,38)(H,39,40)(H2,31,32,41). The van der Waals surface area contributed by atoms with E-state index in [1.807, 2.05) is 48.5 Å². The summed E-state index contributed by atoms with van der Waals surface area (Å²) in [6.07, 6.45) is -0.843. The number of aliphatic carboxylic acids is 3. The van der Waals surface area contributed by atoms with E-state index >= 15 is 0 Å². The molecule has 4 amide bonds. The maximum absolute atomic E-state index is 12.9. The van der Waals surface area contributed by atoms with E-state index < -0.39 is 60.5 Å². The van der Waals surface area contributed by atoms with Crippen LogP contribution in [0.3, 0.4) is 0 Å². The Labute approximate surface area is 247 Å². The molecular formula is C29H36N4O10. The molecule has 0 bridgehead atoms. The second-order valence-electron chi connectivity index (χ2n) is 9.57. The number of nitrogens with one attached hydrogen (secondary N) is 4. The largest absolute Gasteiger partial charge is 0.481 e. The molecule has 14 heteroatoms. The van der Waals surface area contributed by atoms with E-state index in [2.05, 4.69) is 21.3 Å². The van der Waals surface area contributed by atoms with Crippen molar-refractivity contribution in [3.63, 3.8) is 0 Å². The number of carbonyl (C=O) groups excluding carboxylic acids is 3. The van der Waals surface area contributed by atoms with Gasteiger partial charge in [-0.15, -0.1) is 0 Å². The molecule has 0 heterocycles. The molecular weight excluding hydrogens is 564 g/mol. The van der Waals surface area contributed by atoms with Gasteiger partial charge in [0.25, 0.3) is 0 Å². The van der Waals surface area contributed by atoms with Gasteiger partial charge < -0.3 is 41.3 Å². The van der Waals surface area contributed by atoms with Gasteiger partial charge in [0.1, 0.15) is 24.7 Å². The van der Waals surface area contributed by atoms with Crippen LogP contribution in [-0.2, 0) is 36.9 Å². The molecule has 2 rings (SSSR count). The van der Waals surface area contributed by atoms with Crippen LogP contribution in [0.4, 0.5) is 9.59 Å². The minimum absolute atomic E-state index is 0.0248. The van der Waals surface area contributed by atoms with Gasteiger partial charge in [-0.25, -0.2) is 19.2 Å². The topological polar surface area (TPSA) is 220 Å². The summed E-state index contributed by atoms with van der Waals surface area (Å²) in [5.74, 6) is -4.51. The zero-order valence-corrected chi connectivity index (χ0v) is 23.4. The van der Waals surface area contributed by atoms with Crippen LogP contribution < -0.4 is 21.3 Å². The second-order valence-corrected chi connectivity index (χ2v) is 9.57. The number of hydrogen-bond donors (Lipinski definition) is 7. The van der Waals surface area contributed by atoms with Gasteiger partial charge >= 0.3 is 30.0 Å². The van der Waals surface area contributed by atoms with Crippen LogP contribution in [-0.4, -0.2) is 75.9 Å². The third-order valence-corrected chi connectivity index (χ3v) is 6.18. The average molecular weight is 601 g/mol. The second kappa shape index (κ2) is 18.3. The number of carboxylic acid groups (broad SMARTS) is 3. The number of hydrogen-bond acceptors (Lipinski definition) is 7. The van der Waals surface area contributed by atoms with E-state index in [0.29, 0.717) is 6.42 Å². The predicted molar refractivity (Wildman–Crippen MR) is 152 cm³/mol. The molecule has 7 N–H and O–H groups in total. The Bertz CT molecular complexity index is 1230. The van der Waals surface area contributed by atoms with Crippen LogP contribution in [0.15, 0.2) is 60.7 Å². The average Bonchev–Trinajstić information content (AvgIpc) is 2.97. The van der Waals surface area contributed by atoms with Crippen LogP contribution in [0.2, 0.25) is 0 Å². The fourth-order valence-corrected chi connectivity index (χ4v) is 3.92. The summed E-state index contributed by atoms with van der Waals surface area (Å²) in [5, 5.41) is 36.9. The van der Waals surface area contributed by atoms with E-state index in [4.69, 9.17) is 14.9 Å². The molecule has 0 aliphatic rings. The lowest BCUT2D eigenvalue weighted by molar-refractivity contribution is -0.140. The van der Waals surface area contributed by atoms with Gasteiger partial charge in [-0.2, -0.15) is 0 Å². The highest BCUT2D eigenvalue weighted by molar-refractivity contribution is 5.87. The van der Waals surface area contributed by atoms with E-state index in [1.54, 1.807) is 12.1 Å². The van der Waals surface area contributed by atoms with Gasteiger partial charge in [0.05, 0.1) is 0 Å². The Morgan fingerprint density at radius 3 is 1.79 bits per heavy atom. The Morgan fingerprint density at radius 2 is 1.23 bits per heavy atom. The molecule has 0 aliphatic carbocycles. The van der Waals surface area contributed by atoms with Gasteiger partial charge in [-0.05, 0) is 36.8 Å². The fourth-order valence-electron chi connectivity index (χ4n) is 3.92. The molecule has 3 atom stereocenters. The Balaban J connectivity index is 1.84.